The fraction of sp³-hybridized carbons (Fsp3) is 0.302. The first kappa shape index (κ1) is 33.2. The predicted octanol–water partition coefficient (Wildman–Crippen LogP) is 11.0. The average Bonchev–Trinajstić information content (AvgIpc) is 3.43. The predicted molar refractivity (Wildman–Crippen MR) is 192 cm³/mol. The van der Waals surface area contributed by atoms with E-state index in [2.05, 4.69) is 131 Å². The molecule has 0 unspecified atom stereocenters. The van der Waals surface area contributed by atoms with Crippen LogP contribution in [0.25, 0.3) is 11.3 Å². The van der Waals surface area contributed by atoms with Gasteiger partial charge in [0.05, 0.1) is 0 Å². The van der Waals surface area contributed by atoms with Crippen molar-refractivity contribution in [2.24, 2.45) is 0 Å². The van der Waals surface area contributed by atoms with Crippen molar-refractivity contribution in [3.63, 3.8) is 0 Å². The van der Waals surface area contributed by atoms with Crippen LogP contribution in [0.1, 0.15) is 87.8 Å². The Bertz CT molecular complexity index is 1870. The van der Waals surface area contributed by atoms with Gasteiger partial charge in [0, 0.05) is 23.3 Å². The van der Waals surface area contributed by atoms with Crippen molar-refractivity contribution < 1.29 is 20.1 Å². The van der Waals surface area contributed by atoms with Gasteiger partial charge in [0.2, 0.25) is 0 Å². The molecule has 2 aliphatic heterocycles. The van der Waals surface area contributed by atoms with Gasteiger partial charge in [-0.15, -0.1) is 53.7 Å². The Balaban J connectivity index is 0.000000250. The van der Waals surface area contributed by atoms with Gasteiger partial charge >= 0.3 is 20.1 Å². The van der Waals surface area contributed by atoms with Crippen molar-refractivity contribution in [3.8, 4) is 11.3 Å². The van der Waals surface area contributed by atoms with Crippen LogP contribution in [-0.4, -0.2) is 4.98 Å². The van der Waals surface area contributed by atoms with Crippen LogP contribution in [0.4, 0.5) is 22.7 Å². The van der Waals surface area contributed by atoms with Gasteiger partial charge in [-0.05, 0) is 77.7 Å². The molecule has 0 saturated heterocycles. The summed E-state index contributed by atoms with van der Waals surface area (Å²) in [7, 11) is 0. The Labute approximate surface area is 295 Å². The molecule has 0 radical (unpaired) electrons. The summed E-state index contributed by atoms with van der Waals surface area (Å²) in [5, 5.41) is 0. The number of benzene rings is 4. The molecule has 3 nitrogen and oxygen atoms in total. The molecule has 0 N–H and O–H groups in total. The second-order valence-corrected chi connectivity index (χ2v) is 15.1. The van der Waals surface area contributed by atoms with E-state index in [4.69, 9.17) is 0 Å². The molecule has 0 spiro atoms. The van der Waals surface area contributed by atoms with Gasteiger partial charge in [0.15, 0.2) is 0 Å². The van der Waals surface area contributed by atoms with E-state index >= 15 is 0 Å². The molecule has 240 valence electrons. The molecule has 3 heterocycles. The van der Waals surface area contributed by atoms with E-state index in [1.54, 1.807) is 6.20 Å². The van der Waals surface area contributed by atoms with Crippen LogP contribution in [0.15, 0.2) is 91.1 Å². The van der Waals surface area contributed by atoms with E-state index in [1.165, 1.54) is 69.0 Å². The smallest absolute Gasteiger partial charge is 0.493 e. The van der Waals surface area contributed by atoms with Crippen LogP contribution in [0.3, 0.4) is 0 Å². The first-order valence-electron chi connectivity index (χ1n) is 16.5. The van der Waals surface area contributed by atoms with E-state index in [0.29, 0.717) is 0 Å². The maximum absolute atomic E-state index is 4.22. The number of rotatable bonds is 2. The van der Waals surface area contributed by atoms with E-state index in [9.17, 15) is 0 Å². The Hall–Kier alpha value is -3.72. The van der Waals surface area contributed by atoms with Gasteiger partial charge in [0.1, 0.15) is 0 Å². The number of fused-ring (bicyclic) bond motifs is 3. The van der Waals surface area contributed by atoms with Crippen molar-refractivity contribution in [1.82, 2.24) is 4.98 Å². The zero-order valence-corrected chi connectivity index (χ0v) is 31.2. The second-order valence-electron chi connectivity index (χ2n) is 15.1. The minimum atomic E-state index is -0.0905. The molecular weight excluding hydrogens is 751 g/mol. The Kier molecular flexibility index (Phi) is 8.52. The third kappa shape index (κ3) is 5.74. The van der Waals surface area contributed by atoms with Crippen LogP contribution < -0.4 is 9.80 Å². The fourth-order valence-corrected chi connectivity index (χ4v) is 7.56. The van der Waals surface area contributed by atoms with Gasteiger partial charge in [-0.2, -0.15) is 17.7 Å². The molecule has 4 aromatic carbocycles. The quantitative estimate of drug-likeness (QED) is 0.166. The summed E-state index contributed by atoms with van der Waals surface area (Å²) in [6.45, 7) is 21.0. The second kappa shape index (κ2) is 12.1. The maximum atomic E-state index is 4.22. The molecule has 47 heavy (non-hydrogen) atoms. The topological polar surface area (TPSA) is 19.4 Å². The molecule has 0 saturated carbocycles. The maximum Gasteiger partial charge on any atom is 3.00 e. The zero-order valence-electron chi connectivity index (χ0n) is 28.8. The van der Waals surface area contributed by atoms with Crippen molar-refractivity contribution in [2.45, 2.75) is 84.5 Å². The van der Waals surface area contributed by atoms with Crippen LogP contribution in [-0.2, 0) is 36.4 Å². The summed E-state index contributed by atoms with van der Waals surface area (Å²) in [4.78, 5) is 9.00. The zero-order chi connectivity index (χ0) is 32.4. The van der Waals surface area contributed by atoms with Gasteiger partial charge in [0.25, 0.3) is 0 Å². The SMILES string of the molecule is Cc1cc(C)cc(N2[CH-]N3c4[c-]c5c(cc4C(C)(C)c4cccc2c43)C(C)(C)CCC5(C)C)c1.[Ir+3].[c-]1ccccc1-c1ccccn1. The largest absolute Gasteiger partial charge is 3.00 e. The van der Waals surface area contributed by atoms with Crippen LogP contribution in [0.2, 0.25) is 0 Å². The molecule has 0 bridgehead atoms. The number of pyridine rings is 1. The van der Waals surface area contributed by atoms with E-state index in [1.807, 2.05) is 42.5 Å². The molecule has 1 aromatic heterocycles. The Morgan fingerprint density at radius 1 is 0.723 bits per heavy atom. The summed E-state index contributed by atoms with van der Waals surface area (Å²) in [5.41, 5.74) is 15.5. The molecule has 5 aromatic rings. The molecule has 3 aliphatic rings. The number of anilines is 4. The molecule has 4 heteroatoms. The summed E-state index contributed by atoms with van der Waals surface area (Å²) >= 11 is 0. The molecule has 8 rings (SSSR count). The first-order chi connectivity index (χ1) is 21.9. The third-order valence-electron chi connectivity index (χ3n) is 10.3. The summed E-state index contributed by atoms with van der Waals surface area (Å²) in [6, 6.07) is 37.0. The summed E-state index contributed by atoms with van der Waals surface area (Å²) in [5.74, 6) is 0. The molecule has 0 atom stereocenters. The number of hydrogen-bond acceptors (Lipinski definition) is 3. The van der Waals surface area contributed by atoms with E-state index in [-0.39, 0.29) is 36.4 Å². The number of nitrogens with zero attached hydrogens (tertiary/aromatic N) is 3. The molecular formula is C43H44IrN3. The summed E-state index contributed by atoms with van der Waals surface area (Å²) < 4.78 is 0. The third-order valence-corrected chi connectivity index (χ3v) is 10.3. The van der Waals surface area contributed by atoms with Crippen LogP contribution in [0.5, 0.6) is 0 Å². The van der Waals surface area contributed by atoms with E-state index in [0.717, 1.165) is 11.3 Å². The van der Waals surface area contributed by atoms with Crippen molar-refractivity contribution in [3.05, 3.63) is 143 Å². The number of hydrogen-bond donors (Lipinski definition) is 0. The monoisotopic (exact) mass is 795 g/mol. The van der Waals surface area contributed by atoms with Gasteiger partial charge in [-0.1, -0.05) is 89.4 Å². The molecule has 0 fully saturated rings. The normalized spacial score (nSPS) is 17.4. The number of aromatic nitrogens is 1. The molecule has 1 aliphatic carbocycles. The Morgan fingerprint density at radius 2 is 1.45 bits per heavy atom. The van der Waals surface area contributed by atoms with Crippen LogP contribution in [0, 0.1) is 32.6 Å². The van der Waals surface area contributed by atoms with Crippen molar-refractivity contribution in [2.75, 3.05) is 9.80 Å². The minimum absolute atomic E-state index is 0. The van der Waals surface area contributed by atoms with Gasteiger partial charge in [-0.3, -0.25) is 0 Å². The Morgan fingerprint density at radius 3 is 2.13 bits per heavy atom. The van der Waals surface area contributed by atoms with E-state index < -0.39 is 0 Å². The van der Waals surface area contributed by atoms with Crippen LogP contribution >= 0.6 is 0 Å². The average molecular weight is 795 g/mol. The standard InChI is InChI=1S/C32H36N2.C11H8N.Ir/c1-20-14-21(2)16-22(15-20)33-19-34-28-18-25-24(30(3,4)12-13-31(25,5)6)17-26(28)32(7,8)23-10-9-11-27(33)29(23)34;1-2-6-10(7-3-1)11-8-4-5-9-12-11;/h9-11,14-17,19H,12-13H2,1-8H3;1-6,8-9H;/q-2;-1;+3. The van der Waals surface area contributed by atoms with Gasteiger partial charge < -0.3 is 14.8 Å². The number of aryl methyl sites for hydroxylation is 2. The number of para-hydroxylation sites is 1. The van der Waals surface area contributed by atoms with Crippen molar-refractivity contribution >= 4 is 22.7 Å². The minimum Gasteiger partial charge on any atom is -0.493 e. The summed E-state index contributed by atoms with van der Waals surface area (Å²) in [6.07, 6.45) is 4.21. The fourth-order valence-electron chi connectivity index (χ4n) is 7.56. The van der Waals surface area contributed by atoms with Gasteiger partial charge in [-0.25, -0.2) is 0 Å². The molecule has 0 amide bonds. The van der Waals surface area contributed by atoms with Crippen molar-refractivity contribution in [1.29, 1.82) is 0 Å². The first-order valence-corrected chi connectivity index (χ1v) is 16.5.